The van der Waals surface area contributed by atoms with Crippen LogP contribution in [-0.2, 0) is 9.47 Å². The first-order valence-electron chi connectivity index (χ1n) is 8.77. The number of methoxy groups -OCH3 is 1. The van der Waals surface area contributed by atoms with Gasteiger partial charge in [-0.15, -0.1) is 0 Å². The topological polar surface area (TPSA) is 134 Å². The first kappa shape index (κ1) is 21.0. The van der Waals surface area contributed by atoms with Crippen molar-refractivity contribution in [3.63, 3.8) is 0 Å². The summed E-state index contributed by atoms with van der Waals surface area (Å²) in [5, 5.41) is 17.9. The number of pyridine rings is 1. The molecule has 0 aliphatic carbocycles. The van der Waals surface area contributed by atoms with E-state index in [9.17, 15) is 4.79 Å². The molecule has 0 bridgehead atoms. The Morgan fingerprint density at radius 2 is 2.00 bits per heavy atom. The maximum atomic E-state index is 11.7. The maximum Gasteiger partial charge on any atom is 0.341 e. The molecule has 1 aliphatic rings. The number of rotatable bonds is 5. The molecule has 0 spiro atoms. The van der Waals surface area contributed by atoms with E-state index < -0.39 is 5.97 Å². The third kappa shape index (κ3) is 6.46. The number of hydrogen-bond acceptors (Lipinski definition) is 10. The molecule has 148 valence electrons. The van der Waals surface area contributed by atoms with Crippen LogP contribution in [0.3, 0.4) is 0 Å². The largest absolute Gasteiger partial charge is 0.465 e. The lowest BCUT2D eigenvalue weighted by Crippen LogP contribution is -2.30. The van der Waals surface area contributed by atoms with Crippen molar-refractivity contribution in [2.24, 2.45) is 0 Å². The molecule has 28 heavy (non-hydrogen) atoms. The summed E-state index contributed by atoms with van der Waals surface area (Å²) >= 11 is 0. The normalized spacial score (nSPS) is 12.8. The van der Waals surface area contributed by atoms with Gasteiger partial charge in [-0.25, -0.2) is 19.7 Å². The number of ether oxygens (including phenoxy) is 2. The summed E-state index contributed by atoms with van der Waals surface area (Å²) in [6, 6.07) is 3.57. The Labute approximate surface area is 163 Å². The molecule has 0 saturated carbocycles. The third-order valence-corrected chi connectivity index (χ3v) is 3.55. The van der Waals surface area contributed by atoms with Crippen molar-refractivity contribution >= 4 is 23.3 Å². The zero-order valence-electron chi connectivity index (χ0n) is 15.9. The smallest absolute Gasteiger partial charge is 0.341 e. The van der Waals surface area contributed by atoms with E-state index in [0.717, 1.165) is 26.3 Å². The predicted molar refractivity (Wildman–Crippen MR) is 103 cm³/mol. The molecule has 10 nitrogen and oxygen atoms in total. The van der Waals surface area contributed by atoms with Gasteiger partial charge in [-0.05, 0) is 6.92 Å². The quantitative estimate of drug-likeness (QED) is 0.647. The first-order chi connectivity index (χ1) is 13.7. The van der Waals surface area contributed by atoms with Crippen molar-refractivity contribution in [2.75, 3.05) is 50.6 Å². The fourth-order valence-corrected chi connectivity index (χ4v) is 2.23. The third-order valence-electron chi connectivity index (χ3n) is 3.55. The van der Waals surface area contributed by atoms with Crippen molar-refractivity contribution in [3.05, 3.63) is 35.9 Å². The average molecular weight is 385 g/mol. The fourth-order valence-electron chi connectivity index (χ4n) is 2.23. The highest BCUT2D eigenvalue weighted by molar-refractivity contribution is 5.95. The van der Waals surface area contributed by atoms with Crippen LogP contribution in [0.5, 0.6) is 0 Å². The van der Waals surface area contributed by atoms with Gasteiger partial charge < -0.3 is 25.4 Å². The highest BCUT2D eigenvalue weighted by Crippen LogP contribution is 2.21. The fraction of sp³-hybridized carbons (Fsp3) is 0.389. The van der Waals surface area contributed by atoms with Crippen LogP contribution in [0.2, 0.25) is 0 Å². The second kappa shape index (κ2) is 11.4. The van der Waals surface area contributed by atoms with Crippen molar-refractivity contribution in [2.45, 2.75) is 6.92 Å². The molecule has 3 heterocycles. The lowest BCUT2D eigenvalue weighted by molar-refractivity contribution is 0.0601. The maximum absolute atomic E-state index is 11.7. The van der Waals surface area contributed by atoms with Crippen molar-refractivity contribution in [1.82, 2.24) is 20.3 Å². The molecule has 0 radical (unpaired) electrons. The molecule has 3 rings (SSSR count). The minimum Gasteiger partial charge on any atom is -0.465 e. The van der Waals surface area contributed by atoms with Crippen molar-refractivity contribution < 1.29 is 14.3 Å². The Hall–Kier alpha value is -3.29. The zero-order valence-corrected chi connectivity index (χ0v) is 15.9. The molecule has 10 heteroatoms. The average Bonchev–Trinajstić information content (AvgIpc) is 2.76. The van der Waals surface area contributed by atoms with E-state index in [0.29, 0.717) is 29.4 Å². The van der Waals surface area contributed by atoms with Crippen LogP contribution < -0.4 is 16.0 Å². The van der Waals surface area contributed by atoms with Crippen LogP contribution in [0.15, 0.2) is 24.7 Å². The molecule has 3 N–H and O–H groups in total. The van der Waals surface area contributed by atoms with E-state index in [4.69, 9.17) is 14.7 Å². The molecule has 2 aromatic heterocycles. The van der Waals surface area contributed by atoms with Crippen LogP contribution in [0.25, 0.3) is 0 Å². The van der Waals surface area contributed by atoms with E-state index in [1.54, 1.807) is 6.07 Å². The van der Waals surface area contributed by atoms with Gasteiger partial charge in [0.15, 0.2) is 5.69 Å². The number of nitrogens with zero attached hydrogens (tertiary/aromatic N) is 4. The number of anilines is 3. The zero-order chi connectivity index (χ0) is 20.2. The van der Waals surface area contributed by atoms with Gasteiger partial charge in [0.2, 0.25) is 0 Å². The first-order valence-corrected chi connectivity index (χ1v) is 8.77. The Morgan fingerprint density at radius 3 is 2.50 bits per heavy atom. The van der Waals surface area contributed by atoms with Gasteiger partial charge in [0.25, 0.3) is 0 Å². The summed E-state index contributed by atoms with van der Waals surface area (Å²) in [7, 11) is 1.32. The number of aromatic nitrogens is 3. The number of carbonyl (C=O) groups excluding carboxylic acids is 1. The Bertz CT molecular complexity index is 790. The molecular weight excluding hydrogens is 362 g/mol. The molecule has 0 unspecified atom stereocenters. The molecule has 1 fully saturated rings. The van der Waals surface area contributed by atoms with Crippen LogP contribution in [0.1, 0.15) is 23.0 Å². The summed E-state index contributed by atoms with van der Waals surface area (Å²) in [5.74, 6) is 0.468. The van der Waals surface area contributed by atoms with Gasteiger partial charge in [-0.2, -0.15) is 5.26 Å². The summed E-state index contributed by atoms with van der Waals surface area (Å²) in [6.07, 6.45) is 4.21. The Kier molecular flexibility index (Phi) is 8.58. The number of esters is 1. The molecular formula is C18H23N7O3. The minimum atomic E-state index is -0.465. The lowest BCUT2D eigenvalue weighted by Gasteiger charge is -2.11. The second-order valence-electron chi connectivity index (χ2n) is 5.52. The SMILES string of the molecule is C1COCCN1.CCNc1cc(Nc2cnc(C#N)cn2)ncc1C(=O)OC. The van der Waals surface area contributed by atoms with Crippen molar-refractivity contribution in [1.29, 1.82) is 5.26 Å². The monoisotopic (exact) mass is 385 g/mol. The Morgan fingerprint density at radius 1 is 1.25 bits per heavy atom. The van der Waals surface area contributed by atoms with E-state index in [2.05, 4.69) is 30.9 Å². The summed E-state index contributed by atoms with van der Waals surface area (Å²) in [5.41, 5.74) is 1.18. The number of nitriles is 1. The Balaban J connectivity index is 0.000000397. The van der Waals surface area contributed by atoms with Gasteiger partial charge in [-0.3, -0.25) is 0 Å². The number of carbonyl (C=O) groups is 1. The lowest BCUT2D eigenvalue weighted by atomic mass is 10.2. The van der Waals surface area contributed by atoms with Crippen LogP contribution in [-0.4, -0.2) is 60.9 Å². The molecule has 2 aromatic rings. The van der Waals surface area contributed by atoms with E-state index in [1.807, 2.05) is 13.0 Å². The van der Waals surface area contributed by atoms with Gasteiger partial charge in [0.05, 0.1) is 38.4 Å². The van der Waals surface area contributed by atoms with Gasteiger partial charge in [0, 0.05) is 31.9 Å². The molecule has 1 saturated heterocycles. The highest BCUT2D eigenvalue weighted by atomic mass is 16.5. The van der Waals surface area contributed by atoms with Gasteiger partial charge in [-0.1, -0.05) is 0 Å². The van der Waals surface area contributed by atoms with Gasteiger partial charge >= 0.3 is 5.97 Å². The second-order valence-corrected chi connectivity index (χ2v) is 5.52. The number of nitrogens with one attached hydrogen (secondary N) is 3. The number of morpholine rings is 1. The van der Waals surface area contributed by atoms with Crippen LogP contribution in [0.4, 0.5) is 17.3 Å². The summed E-state index contributed by atoms with van der Waals surface area (Å²) in [4.78, 5) is 23.8. The predicted octanol–water partition coefficient (Wildman–Crippen LogP) is 1.31. The molecule has 0 atom stereocenters. The van der Waals surface area contributed by atoms with Crippen LogP contribution in [0, 0.1) is 11.3 Å². The standard InChI is InChI=1S/C14H14N6O2.C4H9NO/c1-3-16-11-4-12(19-7-10(11)14(21)22-2)20-13-8-17-9(5-15)6-18-13;1-3-6-4-2-5-1/h4,6-8H,3H2,1-2H3,(H2,16,18,19,20);5H,1-4H2. The van der Waals surface area contributed by atoms with E-state index in [1.165, 1.54) is 25.7 Å². The summed E-state index contributed by atoms with van der Waals surface area (Å²) in [6.45, 7) is 6.39. The van der Waals surface area contributed by atoms with E-state index >= 15 is 0 Å². The van der Waals surface area contributed by atoms with Gasteiger partial charge in [0.1, 0.15) is 23.3 Å². The summed E-state index contributed by atoms with van der Waals surface area (Å²) < 4.78 is 9.72. The molecule has 0 aromatic carbocycles. The van der Waals surface area contributed by atoms with Crippen LogP contribution >= 0.6 is 0 Å². The molecule has 1 aliphatic heterocycles. The van der Waals surface area contributed by atoms with Crippen molar-refractivity contribution in [3.8, 4) is 6.07 Å². The highest BCUT2D eigenvalue weighted by Gasteiger charge is 2.13. The molecule has 0 amide bonds. The number of hydrogen-bond donors (Lipinski definition) is 3. The minimum absolute atomic E-state index is 0.230. The van der Waals surface area contributed by atoms with E-state index in [-0.39, 0.29) is 5.69 Å².